The van der Waals surface area contributed by atoms with Crippen molar-refractivity contribution in [2.75, 3.05) is 0 Å². The maximum Gasteiger partial charge on any atom is 0.573 e. The Bertz CT molecular complexity index is 1030. The number of aromatic nitrogens is 1. The van der Waals surface area contributed by atoms with Crippen molar-refractivity contribution in [2.45, 2.75) is 39.1 Å². The average Bonchev–Trinajstić information content (AvgIpc) is 2.62. The van der Waals surface area contributed by atoms with Crippen LogP contribution < -0.4 is 10.3 Å². The summed E-state index contributed by atoms with van der Waals surface area (Å²) in [5, 5.41) is 0. The van der Waals surface area contributed by atoms with E-state index < -0.39 is 6.36 Å². The highest BCUT2D eigenvalue weighted by molar-refractivity contribution is 5.60. The molecule has 0 amide bonds. The summed E-state index contributed by atoms with van der Waals surface area (Å²) in [4.78, 5) is 12.5. The van der Waals surface area contributed by atoms with Crippen LogP contribution in [-0.2, 0) is 12.0 Å². The highest BCUT2D eigenvalue weighted by atomic mass is 19.4. The number of benzene rings is 2. The number of alkyl halides is 3. The smallest absolute Gasteiger partial charge is 0.406 e. The molecule has 3 aromatic rings. The molecular formula is C23H22F3NO2. The lowest BCUT2D eigenvalue weighted by Gasteiger charge is -2.19. The molecule has 0 atom stereocenters. The van der Waals surface area contributed by atoms with E-state index in [-0.39, 0.29) is 16.7 Å². The summed E-state index contributed by atoms with van der Waals surface area (Å²) in [7, 11) is 0. The van der Waals surface area contributed by atoms with Crippen molar-refractivity contribution in [3.8, 4) is 17.0 Å². The second-order valence-corrected chi connectivity index (χ2v) is 7.85. The van der Waals surface area contributed by atoms with Crippen molar-refractivity contribution in [2.24, 2.45) is 0 Å². The van der Waals surface area contributed by atoms with Gasteiger partial charge >= 0.3 is 6.36 Å². The molecule has 152 valence electrons. The molecule has 0 unspecified atom stereocenters. The fourth-order valence-electron chi connectivity index (χ4n) is 3.06. The SMILES string of the molecule is CC(C)(C)c1ccc(Cn2c(-c3ccc(OC(F)(F)F)cc3)cccc2=O)cc1. The number of rotatable bonds is 4. The molecule has 29 heavy (non-hydrogen) atoms. The van der Waals surface area contributed by atoms with Gasteiger partial charge in [0.1, 0.15) is 5.75 Å². The topological polar surface area (TPSA) is 31.2 Å². The molecule has 0 spiro atoms. The first-order valence-corrected chi connectivity index (χ1v) is 9.18. The Hall–Kier alpha value is -3.02. The van der Waals surface area contributed by atoms with E-state index in [0.717, 1.165) is 5.56 Å². The molecule has 0 N–H and O–H groups in total. The Morgan fingerprint density at radius 1 is 0.862 bits per heavy atom. The molecule has 1 heterocycles. The molecule has 0 aliphatic rings. The van der Waals surface area contributed by atoms with Crippen LogP contribution in [0.4, 0.5) is 13.2 Å². The molecule has 0 radical (unpaired) electrons. The Labute approximate surface area is 167 Å². The van der Waals surface area contributed by atoms with E-state index in [0.29, 0.717) is 17.8 Å². The third-order valence-electron chi connectivity index (χ3n) is 4.59. The number of ether oxygens (including phenoxy) is 1. The number of hydrogen-bond donors (Lipinski definition) is 0. The number of halogens is 3. The fraction of sp³-hybridized carbons (Fsp3) is 0.261. The van der Waals surface area contributed by atoms with Crippen LogP contribution in [0.1, 0.15) is 31.9 Å². The molecule has 0 bridgehead atoms. The van der Waals surface area contributed by atoms with Gasteiger partial charge in [-0.3, -0.25) is 4.79 Å². The standard InChI is InChI=1S/C23H22F3NO2/c1-22(2,3)18-11-7-16(8-12-18)15-27-20(5-4-6-21(27)28)17-9-13-19(14-10-17)29-23(24,25)26/h4-14H,15H2,1-3H3. The maximum absolute atomic E-state index is 12.5. The second-order valence-electron chi connectivity index (χ2n) is 7.85. The van der Waals surface area contributed by atoms with E-state index in [1.807, 2.05) is 24.3 Å². The molecular weight excluding hydrogens is 379 g/mol. The van der Waals surface area contributed by atoms with E-state index >= 15 is 0 Å². The minimum atomic E-state index is -4.74. The molecule has 1 aromatic heterocycles. The zero-order chi connectivity index (χ0) is 21.2. The second kappa shape index (κ2) is 7.78. The third-order valence-corrected chi connectivity index (χ3v) is 4.59. The summed E-state index contributed by atoms with van der Waals surface area (Å²) in [6.07, 6.45) is -4.74. The monoisotopic (exact) mass is 401 g/mol. The summed E-state index contributed by atoms with van der Waals surface area (Å²) < 4.78 is 42.6. The van der Waals surface area contributed by atoms with Crippen molar-refractivity contribution in [3.05, 3.63) is 88.2 Å². The van der Waals surface area contributed by atoms with Crippen molar-refractivity contribution < 1.29 is 17.9 Å². The van der Waals surface area contributed by atoms with Crippen LogP contribution in [0, 0.1) is 0 Å². The normalized spacial score (nSPS) is 12.1. The molecule has 6 heteroatoms. The minimum Gasteiger partial charge on any atom is -0.406 e. The van der Waals surface area contributed by atoms with Crippen LogP contribution in [0.5, 0.6) is 5.75 Å². The molecule has 3 rings (SSSR count). The zero-order valence-corrected chi connectivity index (χ0v) is 16.5. The van der Waals surface area contributed by atoms with Gasteiger partial charge in [-0.15, -0.1) is 13.2 Å². The van der Waals surface area contributed by atoms with Crippen LogP contribution in [0.15, 0.2) is 71.5 Å². The summed E-state index contributed by atoms with van der Waals surface area (Å²) in [5.41, 5.74) is 3.26. The van der Waals surface area contributed by atoms with Gasteiger partial charge in [-0.25, -0.2) is 0 Å². The van der Waals surface area contributed by atoms with Gasteiger partial charge in [0, 0.05) is 6.07 Å². The molecule has 3 nitrogen and oxygen atoms in total. The van der Waals surface area contributed by atoms with Gasteiger partial charge in [-0.2, -0.15) is 0 Å². The molecule has 0 saturated carbocycles. The first kappa shape index (κ1) is 20.7. The summed E-state index contributed by atoms with van der Waals surface area (Å²) >= 11 is 0. The lowest BCUT2D eigenvalue weighted by molar-refractivity contribution is -0.274. The third kappa shape index (κ3) is 5.28. The quantitative estimate of drug-likeness (QED) is 0.557. The molecule has 2 aromatic carbocycles. The Kier molecular flexibility index (Phi) is 5.55. The largest absolute Gasteiger partial charge is 0.573 e. The highest BCUT2D eigenvalue weighted by Gasteiger charge is 2.31. The van der Waals surface area contributed by atoms with Crippen molar-refractivity contribution in [1.82, 2.24) is 4.57 Å². The number of pyridine rings is 1. The first-order chi connectivity index (χ1) is 13.5. The highest BCUT2D eigenvalue weighted by Crippen LogP contribution is 2.27. The first-order valence-electron chi connectivity index (χ1n) is 9.18. The Balaban J connectivity index is 1.91. The van der Waals surface area contributed by atoms with E-state index in [1.54, 1.807) is 16.7 Å². The minimum absolute atomic E-state index is 0.0352. The average molecular weight is 401 g/mol. The van der Waals surface area contributed by atoms with Crippen LogP contribution in [0.25, 0.3) is 11.3 Å². The van der Waals surface area contributed by atoms with Gasteiger partial charge in [0.2, 0.25) is 0 Å². The predicted molar refractivity (Wildman–Crippen MR) is 107 cm³/mol. The fourth-order valence-corrected chi connectivity index (χ4v) is 3.06. The van der Waals surface area contributed by atoms with Crippen molar-refractivity contribution >= 4 is 0 Å². The maximum atomic E-state index is 12.5. The lowest BCUT2D eigenvalue weighted by Crippen LogP contribution is -2.21. The van der Waals surface area contributed by atoms with Gasteiger partial charge in [0.05, 0.1) is 12.2 Å². The summed E-state index contributed by atoms with van der Waals surface area (Å²) in [6, 6.07) is 18.4. The van der Waals surface area contributed by atoms with Gasteiger partial charge in [-0.1, -0.05) is 51.1 Å². The van der Waals surface area contributed by atoms with E-state index in [4.69, 9.17) is 0 Å². The number of nitrogens with zero attached hydrogens (tertiary/aromatic N) is 1. The summed E-state index contributed by atoms with van der Waals surface area (Å²) in [6.45, 7) is 6.76. The van der Waals surface area contributed by atoms with Gasteiger partial charge in [0.25, 0.3) is 5.56 Å². The number of hydrogen-bond acceptors (Lipinski definition) is 2. The van der Waals surface area contributed by atoms with Crippen LogP contribution >= 0.6 is 0 Å². The molecule has 0 fully saturated rings. The molecule has 0 saturated heterocycles. The van der Waals surface area contributed by atoms with Crippen LogP contribution in [0.3, 0.4) is 0 Å². The molecule has 0 aliphatic carbocycles. The Morgan fingerprint density at radius 2 is 1.48 bits per heavy atom. The van der Waals surface area contributed by atoms with E-state index in [2.05, 4.69) is 25.5 Å². The van der Waals surface area contributed by atoms with Crippen LogP contribution in [0.2, 0.25) is 0 Å². The van der Waals surface area contributed by atoms with Crippen LogP contribution in [-0.4, -0.2) is 10.9 Å². The van der Waals surface area contributed by atoms with Crippen molar-refractivity contribution in [3.63, 3.8) is 0 Å². The van der Waals surface area contributed by atoms with E-state index in [1.165, 1.54) is 35.9 Å². The molecule has 0 aliphatic heterocycles. The lowest BCUT2D eigenvalue weighted by atomic mass is 9.87. The Morgan fingerprint density at radius 3 is 2.03 bits per heavy atom. The summed E-state index contributed by atoms with van der Waals surface area (Å²) in [5.74, 6) is -0.302. The predicted octanol–water partition coefficient (Wildman–Crippen LogP) is 5.76. The van der Waals surface area contributed by atoms with Crippen molar-refractivity contribution in [1.29, 1.82) is 0 Å². The van der Waals surface area contributed by atoms with Gasteiger partial charge in [-0.05, 0) is 52.4 Å². The van der Waals surface area contributed by atoms with Gasteiger partial charge < -0.3 is 9.30 Å². The van der Waals surface area contributed by atoms with Gasteiger partial charge in [0.15, 0.2) is 0 Å². The zero-order valence-electron chi connectivity index (χ0n) is 16.5. The van der Waals surface area contributed by atoms with E-state index in [9.17, 15) is 18.0 Å².